The van der Waals surface area contributed by atoms with Crippen LogP contribution in [-0.2, 0) is 0 Å². The Morgan fingerprint density at radius 3 is 1.95 bits per heavy atom. The summed E-state index contributed by atoms with van der Waals surface area (Å²) in [5.74, 6) is 1.86. The summed E-state index contributed by atoms with van der Waals surface area (Å²) < 4.78 is 16.0. The standard InChI is InChI=1S/C15H24O4/c1-6-10(7-2)13(16)11-8-9-12(17-3)15(19-5)14(11)18-4/h8-10,13,16H,6-7H2,1-5H3. The SMILES string of the molecule is CCC(CC)C(O)c1ccc(OC)c(OC)c1OC. The van der Waals surface area contributed by atoms with Crippen molar-refractivity contribution in [2.45, 2.75) is 32.8 Å². The Kier molecular flexibility index (Phi) is 5.96. The van der Waals surface area contributed by atoms with Crippen molar-refractivity contribution in [1.82, 2.24) is 0 Å². The zero-order valence-electron chi connectivity index (χ0n) is 12.4. The van der Waals surface area contributed by atoms with Gasteiger partial charge in [-0.3, -0.25) is 0 Å². The summed E-state index contributed by atoms with van der Waals surface area (Å²) in [7, 11) is 4.71. The third-order valence-electron chi connectivity index (χ3n) is 3.55. The van der Waals surface area contributed by atoms with Crippen molar-refractivity contribution in [2.75, 3.05) is 21.3 Å². The number of rotatable bonds is 7. The van der Waals surface area contributed by atoms with E-state index in [0.29, 0.717) is 17.2 Å². The Bertz CT molecular complexity index is 399. The lowest BCUT2D eigenvalue weighted by atomic mass is 9.90. The molecule has 0 fully saturated rings. The fourth-order valence-electron chi connectivity index (χ4n) is 2.35. The number of methoxy groups -OCH3 is 3. The maximum Gasteiger partial charge on any atom is 0.203 e. The van der Waals surface area contributed by atoms with E-state index in [1.807, 2.05) is 6.07 Å². The van der Waals surface area contributed by atoms with Gasteiger partial charge in [0.15, 0.2) is 11.5 Å². The minimum Gasteiger partial charge on any atom is -0.493 e. The van der Waals surface area contributed by atoms with Gasteiger partial charge >= 0.3 is 0 Å². The average Bonchev–Trinajstić information content (AvgIpc) is 2.46. The van der Waals surface area contributed by atoms with E-state index in [1.165, 1.54) is 0 Å². The van der Waals surface area contributed by atoms with Crippen molar-refractivity contribution < 1.29 is 19.3 Å². The highest BCUT2D eigenvalue weighted by Crippen LogP contribution is 2.44. The monoisotopic (exact) mass is 268 g/mol. The van der Waals surface area contributed by atoms with Crippen LogP contribution < -0.4 is 14.2 Å². The predicted molar refractivity (Wildman–Crippen MR) is 75.1 cm³/mol. The highest BCUT2D eigenvalue weighted by atomic mass is 16.5. The summed E-state index contributed by atoms with van der Waals surface area (Å²) in [5, 5.41) is 10.5. The van der Waals surface area contributed by atoms with Crippen LogP contribution >= 0.6 is 0 Å². The van der Waals surface area contributed by atoms with Crippen molar-refractivity contribution in [3.63, 3.8) is 0 Å². The molecule has 0 heterocycles. The number of aliphatic hydroxyl groups is 1. The molecule has 1 aromatic carbocycles. The van der Waals surface area contributed by atoms with Crippen LogP contribution in [0.2, 0.25) is 0 Å². The van der Waals surface area contributed by atoms with Crippen LogP contribution in [0.5, 0.6) is 17.2 Å². The Balaban J connectivity index is 3.27. The molecule has 0 radical (unpaired) electrons. The topological polar surface area (TPSA) is 47.9 Å². The molecule has 0 saturated heterocycles. The van der Waals surface area contributed by atoms with Gasteiger partial charge in [-0.2, -0.15) is 0 Å². The van der Waals surface area contributed by atoms with Crippen LogP contribution in [-0.4, -0.2) is 26.4 Å². The largest absolute Gasteiger partial charge is 0.493 e. The van der Waals surface area contributed by atoms with Gasteiger partial charge < -0.3 is 19.3 Å². The molecule has 0 spiro atoms. The van der Waals surface area contributed by atoms with E-state index in [1.54, 1.807) is 27.4 Å². The zero-order chi connectivity index (χ0) is 14.4. The molecule has 0 saturated carbocycles. The second-order valence-corrected chi connectivity index (χ2v) is 4.44. The van der Waals surface area contributed by atoms with Crippen LogP contribution in [0.25, 0.3) is 0 Å². The predicted octanol–water partition coefficient (Wildman–Crippen LogP) is 3.18. The van der Waals surface area contributed by atoms with Gasteiger partial charge in [0, 0.05) is 5.56 Å². The molecular weight excluding hydrogens is 244 g/mol. The van der Waals surface area contributed by atoms with Gasteiger partial charge in [0.1, 0.15) is 0 Å². The minimum absolute atomic E-state index is 0.201. The van der Waals surface area contributed by atoms with Gasteiger partial charge in [0.2, 0.25) is 5.75 Å². The molecule has 0 bridgehead atoms. The summed E-state index contributed by atoms with van der Waals surface area (Å²) >= 11 is 0. The van der Waals surface area contributed by atoms with Gasteiger partial charge in [-0.05, 0) is 18.1 Å². The molecule has 108 valence electrons. The third kappa shape index (κ3) is 3.13. The van der Waals surface area contributed by atoms with Crippen molar-refractivity contribution in [2.24, 2.45) is 5.92 Å². The van der Waals surface area contributed by atoms with Crippen LogP contribution in [0, 0.1) is 5.92 Å². The first-order valence-electron chi connectivity index (χ1n) is 6.61. The molecule has 1 unspecified atom stereocenters. The summed E-state index contributed by atoms with van der Waals surface area (Å²) in [6, 6.07) is 3.63. The Labute approximate surface area is 115 Å². The molecule has 4 heteroatoms. The Morgan fingerprint density at radius 1 is 0.947 bits per heavy atom. The van der Waals surface area contributed by atoms with Crippen molar-refractivity contribution in [3.8, 4) is 17.2 Å². The summed E-state index contributed by atoms with van der Waals surface area (Å²) in [5.41, 5.74) is 0.744. The Morgan fingerprint density at radius 2 is 1.53 bits per heavy atom. The summed E-state index contributed by atoms with van der Waals surface area (Å²) in [6.45, 7) is 4.15. The van der Waals surface area contributed by atoms with Gasteiger partial charge in [-0.1, -0.05) is 26.7 Å². The third-order valence-corrected chi connectivity index (χ3v) is 3.55. The minimum atomic E-state index is -0.565. The first-order valence-corrected chi connectivity index (χ1v) is 6.61. The summed E-state index contributed by atoms with van der Waals surface area (Å²) in [6.07, 6.45) is 1.26. The summed E-state index contributed by atoms with van der Waals surface area (Å²) in [4.78, 5) is 0. The quantitative estimate of drug-likeness (QED) is 0.825. The number of hydrogen-bond donors (Lipinski definition) is 1. The van der Waals surface area contributed by atoms with E-state index in [-0.39, 0.29) is 5.92 Å². The molecule has 0 aliphatic carbocycles. The molecule has 0 aliphatic rings. The van der Waals surface area contributed by atoms with E-state index < -0.39 is 6.10 Å². The number of hydrogen-bond acceptors (Lipinski definition) is 4. The molecule has 1 N–H and O–H groups in total. The molecule has 19 heavy (non-hydrogen) atoms. The van der Waals surface area contributed by atoms with E-state index in [9.17, 15) is 5.11 Å². The number of aliphatic hydroxyl groups excluding tert-OH is 1. The van der Waals surface area contributed by atoms with Crippen LogP contribution in [0.4, 0.5) is 0 Å². The lowest BCUT2D eigenvalue weighted by Gasteiger charge is -2.24. The second kappa shape index (κ2) is 7.24. The van der Waals surface area contributed by atoms with Gasteiger partial charge in [-0.15, -0.1) is 0 Å². The highest BCUT2D eigenvalue weighted by molar-refractivity contribution is 5.56. The van der Waals surface area contributed by atoms with Crippen LogP contribution in [0.1, 0.15) is 38.4 Å². The van der Waals surface area contributed by atoms with Crippen LogP contribution in [0.15, 0.2) is 12.1 Å². The van der Waals surface area contributed by atoms with Crippen molar-refractivity contribution in [1.29, 1.82) is 0 Å². The molecule has 4 nitrogen and oxygen atoms in total. The van der Waals surface area contributed by atoms with E-state index in [4.69, 9.17) is 14.2 Å². The fourth-order valence-corrected chi connectivity index (χ4v) is 2.35. The van der Waals surface area contributed by atoms with Crippen molar-refractivity contribution in [3.05, 3.63) is 17.7 Å². The first kappa shape index (κ1) is 15.6. The lowest BCUT2D eigenvalue weighted by molar-refractivity contribution is 0.0998. The normalized spacial score (nSPS) is 12.4. The molecular formula is C15H24O4. The van der Waals surface area contributed by atoms with Gasteiger partial charge in [0.25, 0.3) is 0 Å². The first-order chi connectivity index (χ1) is 9.14. The maximum atomic E-state index is 10.5. The number of benzene rings is 1. The van der Waals surface area contributed by atoms with Gasteiger partial charge in [0.05, 0.1) is 27.4 Å². The Hall–Kier alpha value is -1.42. The number of ether oxygens (including phenoxy) is 3. The van der Waals surface area contributed by atoms with Crippen LogP contribution in [0.3, 0.4) is 0 Å². The van der Waals surface area contributed by atoms with E-state index in [2.05, 4.69) is 13.8 Å². The molecule has 1 rings (SSSR count). The van der Waals surface area contributed by atoms with E-state index in [0.717, 1.165) is 18.4 Å². The molecule has 0 aliphatic heterocycles. The molecule has 1 aromatic rings. The average molecular weight is 268 g/mol. The van der Waals surface area contributed by atoms with E-state index >= 15 is 0 Å². The molecule has 0 amide bonds. The second-order valence-electron chi connectivity index (χ2n) is 4.44. The highest BCUT2D eigenvalue weighted by Gasteiger charge is 2.25. The molecule has 0 aromatic heterocycles. The smallest absolute Gasteiger partial charge is 0.203 e. The maximum absolute atomic E-state index is 10.5. The zero-order valence-corrected chi connectivity index (χ0v) is 12.4. The fraction of sp³-hybridized carbons (Fsp3) is 0.600. The van der Waals surface area contributed by atoms with Gasteiger partial charge in [-0.25, -0.2) is 0 Å². The molecule has 1 atom stereocenters. The van der Waals surface area contributed by atoms with Crippen molar-refractivity contribution >= 4 is 0 Å². The lowest BCUT2D eigenvalue weighted by Crippen LogP contribution is -2.12.